The van der Waals surface area contributed by atoms with Crippen LogP contribution in [0.1, 0.15) is 38.2 Å². The molecule has 1 unspecified atom stereocenters. The number of nitrogens with one attached hydrogen (secondary N) is 2. The van der Waals surface area contributed by atoms with E-state index in [2.05, 4.69) is 44.2 Å². The largest absolute Gasteiger partial charge is 0.492 e. The maximum Gasteiger partial charge on any atom is 0.278 e. The summed E-state index contributed by atoms with van der Waals surface area (Å²) in [5, 5.41) is 11.8. The number of aromatic nitrogens is 5. The quantitative estimate of drug-likeness (QED) is 0.194. The number of aryl methyl sites for hydroxylation is 1. The predicted octanol–water partition coefficient (Wildman–Crippen LogP) is 6.22. The van der Waals surface area contributed by atoms with Crippen LogP contribution < -0.4 is 15.6 Å². The van der Waals surface area contributed by atoms with Gasteiger partial charge in [-0.05, 0) is 69.4 Å². The molecule has 2 aromatic carbocycles. The SMILES string of the molecule is CCN(CC)CCOc1ccc(Nc2ncc3cc(-c4ccccc4Cl)n(C(C)c4cc(C)[nH]n4)c(=O)c3n2)cc1. The number of ether oxygens (including phenoxy) is 1. The molecule has 0 aliphatic carbocycles. The smallest absolute Gasteiger partial charge is 0.278 e. The average Bonchev–Trinajstić information content (AvgIpc) is 3.42. The fourth-order valence-electron chi connectivity index (χ4n) is 4.81. The van der Waals surface area contributed by atoms with Gasteiger partial charge in [0.1, 0.15) is 17.9 Å². The Balaban J connectivity index is 1.46. The molecule has 3 heterocycles. The predicted molar refractivity (Wildman–Crippen MR) is 164 cm³/mol. The van der Waals surface area contributed by atoms with Gasteiger partial charge in [-0.25, -0.2) is 9.97 Å². The molecule has 0 aliphatic heterocycles. The molecule has 2 N–H and O–H groups in total. The highest BCUT2D eigenvalue weighted by atomic mass is 35.5. The van der Waals surface area contributed by atoms with Crippen molar-refractivity contribution in [2.75, 3.05) is 31.6 Å². The minimum atomic E-state index is -0.372. The molecular weight excluding hydrogens is 538 g/mol. The maximum absolute atomic E-state index is 14.0. The monoisotopic (exact) mass is 571 g/mol. The molecule has 3 aromatic heterocycles. The van der Waals surface area contributed by atoms with Crippen molar-refractivity contribution in [3.8, 4) is 17.0 Å². The summed E-state index contributed by atoms with van der Waals surface area (Å²) in [5.74, 6) is 1.12. The minimum Gasteiger partial charge on any atom is -0.492 e. The van der Waals surface area contributed by atoms with Crippen molar-refractivity contribution >= 4 is 34.1 Å². The molecule has 41 heavy (non-hydrogen) atoms. The number of hydrogen-bond donors (Lipinski definition) is 2. The molecule has 212 valence electrons. The van der Waals surface area contributed by atoms with Crippen molar-refractivity contribution in [2.24, 2.45) is 0 Å². The van der Waals surface area contributed by atoms with Crippen LogP contribution >= 0.6 is 11.6 Å². The van der Waals surface area contributed by atoms with Crippen molar-refractivity contribution in [2.45, 2.75) is 33.7 Å². The zero-order valence-electron chi connectivity index (χ0n) is 23.7. The third-order valence-corrected chi connectivity index (χ3v) is 7.49. The van der Waals surface area contributed by atoms with E-state index in [0.717, 1.165) is 48.0 Å². The lowest BCUT2D eigenvalue weighted by molar-refractivity contribution is 0.223. The van der Waals surface area contributed by atoms with Crippen LogP contribution in [0.5, 0.6) is 5.75 Å². The van der Waals surface area contributed by atoms with Gasteiger partial charge in [0.2, 0.25) is 5.95 Å². The van der Waals surface area contributed by atoms with Gasteiger partial charge in [0.25, 0.3) is 5.56 Å². The van der Waals surface area contributed by atoms with Crippen LogP contribution in [0.15, 0.2) is 71.7 Å². The van der Waals surface area contributed by atoms with Crippen molar-refractivity contribution < 1.29 is 4.74 Å². The molecule has 5 rings (SSSR count). The summed E-state index contributed by atoms with van der Waals surface area (Å²) in [4.78, 5) is 25.5. The standard InChI is InChI=1S/C31H34ClN7O2/c1-5-38(6-2)15-16-41-24-13-11-23(12-14-24)34-31-33-19-22-18-28(25-9-7-8-10-26(25)32)39(30(40)29(22)35-31)21(4)27-17-20(3)36-37-27/h7-14,17-19,21H,5-6,15-16H2,1-4H3,(H,36,37)(H,33,34,35). The molecule has 0 bridgehead atoms. The number of anilines is 2. The van der Waals surface area contributed by atoms with Crippen LogP contribution in [-0.2, 0) is 0 Å². The van der Waals surface area contributed by atoms with Crippen LogP contribution in [0.2, 0.25) is 5.02 Å². The Morgan fingerprint density at radius 3 is 2.54 bits per heavy atom. The minimum absolute atomic E-state index is 0.257. The fourth-order valence-corrected chi connectivity index (χ4v) is 5.04. The number of pyridine rings is 1. The van der Waals surface area contributed by atoms with Crippen molar-refractivity contribution in [1.82, 2.24) is 29.6 Å². The van der Waals surface area contributed by atoms with Crippen molar-refractivity contribution in [1.29, 1.82) is 0 Å². The Morgan fingerprint density at radius 1 is 1.10 bits per heavy atom. The highest BCUT2D eigenvalue weighted by Gasteiger charge is 2.21. The van der Waals surface area contributed by atoms with Crippen LogP contribution in [0, 0.1) is 6.92 Å². The van der Waals surface area contributed by atoms with Gasteiger partial charge in [-0.3, -0.25) is 14.5 Å². The number of aromatic amines is 1. The molecule has 0 saturated heterocycles. The molecule has 0 amide bonds. The van der Waals surface area contributed by atoms with Crippen LogP contribution in [0.3, 0.4) is 0 Å². The molecule has 0 aliphatic rings. The summed E-state index contributed by atoms with van der Waals surface area (Å²) in [6.45, 7) is 11.7. The van der Waals surface area contributed by atoms with Gasteiger partial charge < -0.3 is 15.0 Å². The van der Waals surface area contributed by atoms with Gasteiger partial charge in [0.05, 0.1) is 17.4 Å². The molecule has 0 saturated carbocycles. The zero-order valence-corrected chi connectivity index (χ0v) is 24.4. The average molecular weight is 572 g/mol. The van der Waals surface area contributed by atoms with E-state index in [0.29, 0.717) is 34.2 Å². The van der Waals surface area contributed by atoms with E-state index in [1.165, 1.54) is 0 Å². The maximum atomic E-state index is 14.0. The van der Waals surface area contributed by atoms with Gasteiger partial charge in [0.15, 0.2) is 0 Å². The number of benzene rings is 2. The molecule has 9 nitrogen and oxygen atoms in total. The molecule has 5 aromatic rings. The first-order chi connectivity index (χ1) is 19.9. The van der Waals surface area contributed by atoms with Gasteiger partial charge in [-0.2, -0.15) is 5.10 Å². The number of fused-ring (bicyclic) bond motifs is 1. The Hall–Kier alpha value is -4.21. The first kappa shape index (κ1) is 28.3. The summed E-state index contributed by atoms with van der Waals surface area (Å²) in [6, 6.07) is 18.6. The summed E-state index contributed by atoms with van der Waals surface area (Å²) >= 11 is 6.58. The lowest BCUT2D eigenvalue weighted by atomic mass is 10.1. The molecule has 10 heteroatoms. The van der Waals surface area contributed by atoms with E-state index in [1.807, 2.05) is 74.5 Å². The van der Waals surface area contributed by atoms with Crippen molar-refractivity contribution in [3.63, 3.8) is 0 Å². The van der Waals surface area contributed by atoms with Gasteiger partial charge in [-0.15, -0.1) is 0 Å². The van der Waals surface area contributed by atoms with Gasteiger partial charge in [0, 0.05) is 40.1 Å². The lowest BCUT2D eigenvalue weighted by Gasteiger charge is -2.20. The van der Waals surface area contributed by atoms with E-state index in [4.69, 9.17) is 16.3 Å². The second kappa shape index (κ2) is 12.5. The van der Waals surface area contributed by atoms with E-state index in [1.54, 1.807) is 10.8 Å². The second-order valence-corrected chi connectivity index (χ2v) is 10.3. The topological polar surface area (TPSA) is 101 Å². The fraction of sp³-hybridized carbons (Fsp3) is 0.290. The van der Waals surface area contributed by atoms with E-state index < -0.39 is 0 Å². The van der Waals surface area contributed by atoms with Crippen LogP contribution in [0.4, 0.5) is 11.6 Å². The third-order valence-electron chi connectivity index (χ3n) is 7.16. The van der Waals surface area contributed by atoms with Gasteiger partial charge >= 0.3 is 0 Å². The number of halogens is 1. The third kappa shape index (κ3) is 6.26. The van der Waals surface area contributed by atoms with Crippen LogP contribution in [-0.4, -0.2) is 55.9 Å². The number of hydrogen-bond acceptors (Lipinski definition) is 7. The summed E-state index contributed by atoms with van der Waals surface area (Å²) in [6.07, 6.45) is 1.66. The molecule has 0 fully saturated rings. The number of rotatable bonds is 11. The Kier molecular flexibility index (Phi) is 8.66. The number of likely N-dealkylation sites (N-methyl/N-ethyl adjacent to an activating group) is 1. The first-order valence-corrected chi connectivity index (χ1v) is 14.2. The zero-order chi connectivity index (χ0) is 28.9. The summed E-state index contributed by atoms with van der Waals surface area (Å²) < 4.78 is 7.58. The number of H-pyrrole nitrogens is 1. The van der Waals surface area contributed by atoms with E-state index in [-0.39, 0.29) is 11.6 Å². The van der Waals surface area contributed by atoms with Gasteiger partial charge in [-0.1, -0.05) is 43.6 Å². The Morgan fingerprint density at radius 2 is 1.85 bits per heavy atom. The lowest BCUT2D eigenvalue weighted by Crippen LogP contribution is -2.27. The second-order valence-electron chi connectivity index (χ2n) is 9.86. The highest BCUT2D eigenvalue weighted by molar-refractivity contribution is 6.33. The molecule has 0 radical (unpaired) electrons. The molecular formula is C31H34ClN7O2. The molecule has 1 atom stereocenters. The van der Waals surface area contributed by atoms with E-state index in [9.17, 15) is 4.79 Å². The first-order valence-electron chi connectivity index (χ1n) is 13.8. The normalized spacial score (nSPS) is 12.1. The van der Waals surface area contributed by atoms with Crippen LogP contribution in [0.25, 0.3) is 22.2 Å². The van der Waals surface area contributed by atoms with Crippen molar-refractivity contribution in [3.05, 3.63) is 93.6 Å². The summed E-state index contributed by atoms with van der Waals surface area (Å²) in [5.41, 5.74) is 3.89. The number of nitrogens with zero attached hydrogens (tertiary/aromatic N) is 5. The highest BCUT2D eigenvalue weighted by Crippen LogP contribution is 2.32. The summed E-state index contributed by atoms with van der Waals surface area (Å²) in [7, 11) is 0. The Bertz CT molecular complexity index is 1690. The Labute approximate surface area is 244 Å². The van der Waals surface area contributed by atoms with E-state index >= 15 is 0 Å². The molecule has 0 spiro atoms.